The summed E-state index contributed by atoms with van der Waals surface area (Å²) in [5.41, 5.74) is 0.574. The predicted molar refractivity (Wildman–Crippen MR) is 67.7 cm³/mol. The molecule has 16 heavy (non-hydrogen) atoms. The van der Waals surface area contributed by atoms with Gasteiger partial charge >= 0.3 is 0 Å². The third-order valence-corrected chi connectivity index (χ3v) is 4.28. The van der Waals surface area contributed by atoms with E-state index < -0.39 is 0 Å². The van der Waals surface area contributed by atoms with Crippen LogP contribution in [0.3, 0.4) is 0 Å². The van der Waals surface area contributed by atoms with Gasteiger partial charge in [0.2, 0.25) is 0 Å². The van der Waals surface area contributed by atoms with Crippen molar-refractivity contribution >= 4 is 0 Å². The van der Waals surface area contributed by atoms with Gasteiger partial charge < -0.3 is 10.1 Å². The lowest BCUT2D eigenvalue weighted by atomic mass is 9.80. The van der Waals surface area contributed by atoms with Gasteiger partial charge in [-0.2, -0.15) is 0 Å². The van der Waals surface area contributed by atoms with Gasteiger partial charge in [0.25, 0.3) is 0 Å². The van der Waals surface area contributed by atoms with Crippen molar-refractivity contribution in [2.45, 2.75) is 64.4 Å². The number of hydrogen-bond acceptors (Lipinski definition) is 2. The Morgan fingerprint density at radius 3 is 2.69 bits per heavy atom. The Morgan fingerprint density at radius 2 is 2.06 bits per heavy atom. The molecule has 1 atom stereocenters. The first kappa shape index (κ1) is 12.4. The third-order valence-electron chi connectivity index (χ3n) is 4.28. The molecule has 1 unspecified atom stereocenters. The van der Waals surface area contributed by atoms with Gasteiger partial charge in [0.15, 0.2) is 0 Å². The Kier molecular flexibility index (Phi) is 4.66. The minimum absolute atomic E-state index is 0.571. The zero-order chi connectivity index (χ0) is 11.3. The quantitative estimate of drug-likeness (QED) is 0.701. The third kappa shape index (κ3) is 3.21. The Hall–Kier alpha value is -0.0800. The van der Waals surface area contributed by atoms with Gasteiger partial charge in [-0.1, -0.05) is 19.8 Å². The van der Waals surface area contributed by atoms with E-state index in [1.807, 2.05) is 0 Å². The Balaban J connectivity index is 1.82. The van der Waals surface area contributed by atoms with Crippen LogP contribution in [-0.4, -0.2) is 25.8 Å². The average Bonchev–Trinajstić information content (AvgIpc) is 2.91. The van der Waals surface area contributed by atoms with E-state index in [1.165, 1.54) is 64.5 Å². The summed E-state index contributed by atoms with van der Waals surface area (Å²) in [7, 11) is 0. The van der Waals surface area contributed by atoms with Crippen LogP contribution in [0, 0.1) is 5.41 Å². The minimum Gasteiger partial charge on any atom is -0.378 e. The molecule has 1 saturated carbocycles. The maximum Gasteiger partial charge on any atom is 0.0581 e. The number of rotatable bonds is 6. The molecule has 2 fully saturated rings. The first-order valence-corrected chi connectivity index (χ1v) is 7.17. The SMILES string of the molecule is CCCNCC1(CC2CCCO2)CCCC1. The normalized spacial score (nSPS) is 28.7. The molecule has 0 radical (unpaired) electrons. The van der Waals surface area contributed by atoms with E-state index in [0.29, 0.717) is 11.5 Å². The van der Waals surface area contributed by atoms with Crippen molar-refractivity contribution in [1.82, 2.24) is 5.32 Å². The molecule has 0 aromatic carbocycles. The molecule has 0 bridgehead atoms. The van der Waals surface area contributed by atoms with Crippen molar-refractivity contribution in [3.63, 3.8) is 0 Å². The van der Waals surface area contributed by atoms with E-state index in [4.69, 9.17) is 4.74 Å². The van der Waals surface area contributed by atoms with Crippen molar-refractivity contribution in [2.75, 3.05) is 19.7 Å². The van der Waals surface area contributed by atoms with Gasteiger partial charge in [0.1, 0.15) is 0 Å². The zero-order valence-electron chi connectivity index (χ0n) is 10.8. The highest BCUT2D eigenvalue weighted by atomic mass is 16.5. The first-order valence-electron chi connectivity index (χ1n) is 7.17. The molecule has 1 saturated heterocycles. The molecule has 1 heterocycles. The standard InChI is InChI=1S/C14H27NO/c1-2-9-15-12-14(7-3-4-8-14)11-13-6-5-10-16-13/h13,15H,2-12H2,1H3. The van der Waals surface area contributed by atoms with Crippen LogP contribution in [0.5, 0.6) is 0 Å². The Labute approximate surface area is 100 Å². The molecule has 2 heteroatoms. The highest BCUT2D eigenvalue weighted by Crippen LogP contribution is 2.43. The summed E-state index contributed by atoms with van der Waals surface area (Å²) in [6.45, 7) is 5.64. The predicted octanol–water partition coefficient (Wildman–Crippen LogP) is 3.12. The highest BCUT2D eigenvalue weighted by molar-refractivity contribution is 4.89. The van der Waals surface area contributed by atoms with Crippen molar-refractivity contribution in [3.8, 4) is 0 Å². The minimum atomic E-state index is 0.571. The molecule has 0 aromatic rings. The molecule has 0 aromatic heterocycles. The Morgan fingerprint density at radius 1 is 1.25 bits per heavy atom. The zero-order valence-corrected chi connectivity index (χ0v) is 10.8. The second-order valence-corrected chi connectivity index (χ2v) is 5.72. The van der Waals surface area contributed by atoms with E-state index >= 15 is 0 Å². The molecule has 1 N–H and O–H groups in total. The molecule has 1 aliphatic heterocycles. The van der Waals surface area contributed by atoms with E-state index in [1.54, 1.807) is 0 Å². The highest BCUT2D eigenvalue weighted by Gasteiger charge is 2.36. The number of nitrogens with one attached hydrogen (secondary N) is 1. The lowest BCUT2D eigenvalue weighted by Crippen LogP contribution is -2.35. The smallest absolute Gasteiger partial charge is 0.0581 e. The van der Waals surface area contributed by atoms with E-state index in [2.05, 4.69) is 12.2 Å². The molecular formula is C14H27NO. The maximum atomic E-state index is 5.82. The summed E-state index contributed by atoms with van der Waals surface area (Å²) in [6.07, 6.45) is 11.4. The molecule has 2 rings (SSSR count). The van der Waals surface area contributed by atoms with Gasteiger partial charge in [0.05, 0.1) is 6.10 Å². The van der Waals surface area contributed by atoms with Crippen molar-refractivity contribution in [3.05, 3.63) is 0 Å². The van der Waals surface area contributed by atoms with Crippen molar-refractivity contribution in [2.24, 2.45) is 5.41 Å². The number of hydrogen-bond donors (Lipinski definition) is 1. The summed E-state index contributed by atoms with van der Waals surface area (Å²) in [5.74, 6) is 0. The van der Waals surface area contributed by atoms with E-state index in [-0.39, 0.29) is 0 Å². The van der Waals surface area contributed by atoms with Crippen molar-refractivity contribution < 1.29 is 4.74 Å². The largest absolute Gasteiger partial charge is 0.378 e. The summed E-state index contributed by atoms with van der Waals surface area (Å²) < 4.78 is 5.82. The summed E-state index contributed by atoms with van der Waals surface area (Å²) >= 11 is 0. The van der Waals surface area contributed by atoms with Gasteiger partial charge in [-0.25, -0.2) is 0 Å². The molecule has 1 aliphatic carbocycles. The lowest BCUT2D eigenvalue weighted by molar-refractivity contribution is 0.0618. The van der Waals surface area contributed by atoms with Crippen LogP contribution in [0.2, 0.25) is 0 Å². The average molecular weight is 225 g/mol. The summed E-state index contributed by atoms with van der Waals surface area (Å²) in [4.78, 5) is 0. The van der Waals surface area contributed by atoms with Crippen LogP contribution < -0.4 is 5.32 Å². The summed E-state index contributed by atoms with van der Waals surface area (Å²) in [6, 6.07) is 0. The molecule has 94 valence electrons. The fourth-order valence-electron chi connectivity index (χ4n) is 3.40. The van der Waals surface area contributed by atoms with Crippen molar-refractivity contribution in [1.29, 1.82) is 0 Å². The molecular weight excluding hydrogens is 198 g/mol. The van der Waals surface area contributed by atoms with E-state index in [0.717, 1.165) is 6.61 Å². The van der Waals surface area contributed by atoms with Crippen LogP contribution in [0.25, 0.3) is 0 Å². The number of ether oxygens (including phenoxy) is 1. The Bertz CT molecular complexity index is 193. The topological polar surface area (TPSA) is 21.3 Å². The maximum absolute atomic E-state index is 5.82. The molecule has 2 nitrogen and oxygen atoms in total. The molecule has 2 aliphatic rings. The van der Waals surface area contributed by atoms with Gasteiger partial charge in [-0.15, -0.1) is 0 Å². The molecule has 0 amide bonds. The van der Waals surface area contributed by atoms with Crippen LogP contribution >= 0.6 is 0 Å². The monoisotopic (exact) mass is 225 g/mol. The summed E-state index contributed by atoms with van der Waals surface area (Å²) in [5, 5.41) is 3.64. The fraction of sp³-hybridized carbons (Fsp3) is 1.00. The van der Waals surface area contributed by atoms with Gasteiger partial charge in [-0.3, -0.25) is 0 Å². The van der Waals surface area contributed by atoms with Crippen LogP contribution in [0.4, 0.5) is 0 Å². The van der Waals surface area contributed by atoms with E-state index in [9.17, 15) is 0 Å². The second kappa shape index (κ2) is 6.02. The first-order chi connectivity index (χ1) is 7.85. The van der Waals surface area contributed by atoms with Crippen LogP contribution in [-0.2, 0) is 4.74 Å². The van der Waals surface area contributed by atoms with Gasteiger partial charge in [0, 0.05) is 13.2 Å². The second-order valence-electron chi connectivity index (χ2n) is 5.72. The van der Waals surface area contributed by atoms with Crippen LogP contribution in [0.15, 0.2) is 0 Å². The van der Waals surface area contributed by atoms with Crippen LogP contribution in [0.1, 0.15) is 58.3 Å². The molecule has 0 spiro atoms. The fourth-order valence-corrected chi connectivity index (χ4v) is 3.40. The van der Waals surface area contributed by atoms with Gasteiger partial charge in [-0.05, 0) is 50.5 Å². The lowest BCUT2D eigenvalue weighted by Gasteiger charge is -2.31.